The minimum Gasteiger partial charge on any atom is -0.467 e. The first-order valence-electron chi connectivity index (χ1n) is 6.48. The summed E-state index contributed by atoms with van der Waals surface area (Å²) >= 11 is 5.76. The fourth-order valence-corrected chi connectivity index (χ4v) is 1.97. The Labute approximate surface area is 127 Å². The van der Waals surface area contributed by atoms with Gasteiger partial charge in [-0.1, -0.05) is 23.7 Å². The van der Waals surface area contributed by atoms with Gasteiger partial charge in [-0.15, -0.1) is 0 Å². The maximum atomic E-state index is 11.7. The molecule has 2 rings (SSSR count). The minimum absolute atomic E-state index is 0.0275. The molecule has 1 amide bonds. The van der Waals surface area contributed by atoms with Crippen LogP contribution >= 0.6 is 11.6 Å². The Bertz CT molecular complexity index is 568. The number of aliphatic hydroxyl groups excluding tert-OH is 2. The second kappa shape index (κ2) is 7.26. The van der Waals surface area contributed by atoms with Gasteiger partial charge < -0.3 is 19.9 Å². The topological polar surface area (TPSA) is 82.7 Å². The molecule has 2 aromatic rings. The second-order valence-corrected chi connectivity index (χ2v) is 5.04. The molecule has 21 heavy (non-hydrogen) atoms. The number of hydrogen-bond acceptors (Lipinski definition) is 4. The van der Waals surface area contributed by atoms with Gasteiger partial charge in [0.15, 0.2) is 0 Å². The fraction of sp³-hybridized carbons (Fsp3) is 0.267. The zero-order chi connectivity index (χ0) is 15.2. The highest BCUT2D eigenvalue weighted by Gasteiger charge is 2.15. The van der Waals surface area contributed by atoms with Crippen LogP contribution in [0.2, 0.25) is 5.02 Å². The number of amides is 1. The molecule has 6 heteroatoms. The summed E-state index contributed by atoms with van der Waals surface area (Å²) in [5, 5.41) is 22.8. The van der Waals surface area contributed by atoms with Crippen LogP contribution in [0.4, 0.5) is 0 Å². The Kier molecular flexibility index (Phi) is 5.38. The molecule has 0 aliphatic heterocycles. The van der Waals surface area contributed by atoms with E-state index in [0.717, 1.165) is 0 Å². The predicted octanol–water partition coefficient (Wildman–Crippen LogP) is 2.21. The Morgan fingerprint density at radius 2 is 1.90 bits per heavy atom. The van der Waals surface area contributed by atoms with E-state index in [2.05, 4.69) is 5.32 Å². The van der Waals surface area contributed by atoms with Crippen molar-refractivity contribution in [2.45, 2.75) is 18.6 Å². The summed E-state index contributed by atoms with van der Waals surface area (Å²) in [4.78, 5) is 11.7. The highest BCUT2D eigenvalue weighted by Crippen LogP contribution is 2.19. The lowest BCUT2D eigenvalue weighted by Crippen LogP contribution is -2.29. The van der Waals surface area contributed by atoms with E-state index in [4.69, 9.17) is 16.0 Å². The van der Waals surface area contributed by atoms with Crippen LogP contribution in [0, 0.1) is 0 Å². The van der Waals surface area contributed by atoms with Crippen molar-refractivity contribution in [3.05, 3.63) is 59.0 Å². The number of aliphatic hydroxyl groups is 2. The molecule has 0 spiro atoms. The molecule has 0 saturated carbocycles. The van der Waals surface area contributed by atoms with Crippen molar-refractivity contribution in [2.75, 3.05) is 6.54 Å². The molecule has 2 unspecified atom stereocenters. The second-order valence-electron chi connectivity index (χ2n) is 4.61. The third-order valence-electron chi connectivity index (χ3n) is 3.00. The van der Waals surface area contributed by atoms with Crippen molar-refractivity contribution in [3.63, 3.8) is 0 Å². The highest BCUT2D eigenvalue weighted by atomic mass is 35.5. The molecule has 0 radical (unpaired) electrons. The summed E-state index contributed by atoms with van der Waals surface area (Å²) in [5.41, 5.74) is 0.612. The summed E-state index contributed by atoms with van der Waals surface area (Å²) in [5.74, 6) is 0.0246. The molecule has 112 valence electrons. The first-order chi connectivity index (χ1) is 10.1. The summed E-state index contributed by atoms with van der Waals surface area (Å²) in [7, 11) is 0. The van der Waals surface area contributed by atoms with Crippen LogP contribution < -0.4 is 5.32 Å². The highest BCUT2D eigenvalue weighted by molar-refractivity contribution is 6.30. The molecule has 3 N–H and O–H groups in total. The van der Waals surface area contributed by atoms with Crippen molar-refractivity contribution in [3.8, 4) is 0 Å². The molecule has 5 nitrogen and oxygen atoms in total. The average Bonchev–Trinajstić information content (AvgIpc) is 2.99. The Hall–Kier alpha value is -1.82. The fourth-order valence-electron chi connectivity index (χ4n) is 1.84. The maximum absolute atomic E-state index is 11.7. The molecule has 1 aromatic heterocycles. The molecule has 1 heterocycles. The molecule has 0 bridgehead atoms. The van der Waals surface area contributed by atoms with Crippen molar-refractivity contribution < 1.29 is 19.4 Å². The van der Waals surface area contributed by atoms with E-state index < -0.39 is 12.2 Å². The van der Waals surface area contributed by atoms with Gasteiger partial charge in [-0.3, -0.25) is 4.79 Å². The Morgan fingerprint density at radius 3 is 2.52 bits per heavy atom. The normalized spacial score (nSPS) is 13.7. The van der Waals surface area contributed by atoms with Gasteiger partial charge in [-0.25, -0.2) is 0 Å². The molecular formula is C15H16ClNO4. The monoisotopic (exact) mass is 309 g/mol. The number of benzene rings is 1. The van der Waals surface area contributed by atoms with Crippen molar-refractivity contribution in [2.24, 2.45) is 0 Å². The van der Waals surface area contributed by atoms with Gasteiger partial charge in [0.1, 0.15) is 11.9 Å². The van der Waals surface area contributed by atoms with E-state index in [9.17, 15) is 15.0 Å². The first-order valence-corrected chi connectivity index (χ1v) is 6.85. The SMILES string of the molecule is O=C(CC(O)c1ccc(Cl)cc1)NCC(O)c1ccco1. The van der Waals surface area contributed by atoms with E-state index in [1.807, 2.05) is 0 Å². The van der Waals surface area contributed by atoms with Crippen LogP contribution in [0.3, 0.4) is 0 Å². The summed E-state index contributed by atoms with van der Waals surface area (Å²) in [6.45, 7) is 0.0275. The largest absolute Gasteiger partial charge is 0.467 e. The molecule has 0 fully saturated rings. The summed E-state index contributed by atoms with van der Waals surface area (Å²) < 4.78 is 5.03. The quantitative estimate of drug-likeness (QED) is 0.764. The van der Waals surface area contributed by atoms with E-state index in [1.54, 1.807) is 36.4 Å². The molecule has 0 aliphatic rings. The molecule has 0 saturated heterocycles. The smallest absolute Gasteiger partial charge is 0.223 e. The van der Waals surface area contributed by atoms with Crippen LogP contribution in [0.1, 0.15) is 30.0 Å². The zero-order valence-electron chi connectivity index (χ0n) is 11.2. The van der Waals surface area contributed by atoms with Gasteiger partial charge in [0.2, 0.25) is 5.91 Å². The molecule has 0 aliphatic carbocycles. The van der Waals surface area contributed by atoms with Crippen LogP contribution in [0.15, 0.2) is 47.1 Å². The van der Waals surface area contributed by atoms with Crippen molar-refractivity contribution in [1.82, 2.24) is 5.32 Å². The number of furan rings is 1. The number of nitrogens with one attached hydrogen (secondary N) is 1. The first kappa shape index (κ1) is 15.6. The maximum Gasteiger partial charge on any atom is 0.223 e. The standard InChI is InChI=1S/C15H16ClNO4/c16-11-5-3-10(4-6-11)12(18)8-15(20)17-9-13(19)14-2-1-7-21-14/h1-7,12-13,18-19H,8-9H2,(H,17,20). The van der Waals surface area contributed by atoms with Crippen LogP contribution in [0.5, 0.6) is 0 Å². The van der Waals surface area contributed by atoms with Crippen LogP contribution in [-0.2, 0) is 4.79 Å². The lowest BCUT2D eigenvalue weighted by molar-refractivity contribution is -0.123. The average molecular weight is 310 g/mol. The summed E-state index contributed by atoms with van der Waals surface area (Å²) in [6.07, 6.45) is -0.461. The van der Waals surface area contributed by atoms with Gasteiger partial charge in [-0.05, 0) is 29.8 Å². The lowest BCUT2D eigenvalue weighted by atomic mass is 10.1. The third kappa shape index (κ3) is 4.60. The minimum atomic E-state index is -0.914. The van der Waals surface area contributed by atoms with E-state index in [-0.39, 0.29) is 18.9 Å². The van der Waals surface area contributed by atoms with Crippen molar-refractivity contribution in [1.29, 1.82) is 0 Å². The predicted molar refractivity (Wildman–Crippen MR) is 77.7 cm³/mol. The van der Waals surface area contributed by atoms with Gasteiger partial charge in [-0.2, -0.15) is 0 Å². The molecule has 2 atom stereocenters. The van der Waals surface area contributed by atoms with Gasteiger partial charge in [0, 0.05) is 5.02 Å². The van der Waals surface area contributed by atoms with Gasteiger partial charge >= 0.3 is 0 Å². The number of hydrogen-bond donors (Lipinski definition) is 3. The number of halogens is 1. The van der Waals surface area contributed by atoms with Crippen LogP contribution in [-0.4, -0.2) is 22.7 Å². The van der Waals surface area contributed by atoms with Crippen molar-refractivity contribution >= 4 is 17.5 Å². The number of rotatable bonds is 6. The van der Waals surface area contributed by atoms with E-state index >= 15 is 0 Å². The van der Waals surface area contributed by atoms with Crippen LogP contribution in [0.25, 0.3) is 0 Å². The molecular weight excluding hydrogens is 294 g/mol. The molecule has 1 aromatic carbocycles. The summed E-state index contributed by atoms with van der Waals surface area (Å²) in [6, 6.07) is 9.91. The van der Waals surface area contributed by atoms with E-state index in [0.29, 0.717) is 16.3 Å². The Balaban J connectivity index is 1.80. The number of carbonyl (C=O) groups excluding carboxylic acids is 1. The van der Waals surface area contributed by atoms with Gasteiger partial charge in [0.25, 0.3) is 0 Å². The zero-order valence-corrected chi connectivity index (χ0v) is 12.0. The lowest BCUT2D eigenvalue weighted by Gasteiger charge is -2.13. The van der Waals surface area contributed by atoms with Gasteiger partial charge in [0.05, 0.1) is 25.3 Å². The number of carbonyl (C=O) groups is 1. The van der Waals surface area contributed by atoms with E-state index in [1.165, 1.54) is 6.26 Å². The Morgan fingerprint density at radius 1 is 1.19 bits per heavy atom. The third-order valence-corrected chi connectivity index (χ3v) is 3.25.